The molecule has 0 heterocycles. The minimum atomic E-state index is 0.509. The molecular weight excluding hydrogens is 224 g/mol. The Hall–Kier alpha value is -1.06. The van der Waals surface area contributed by atoms with Crippen LogP contribution in [-0.4, -0.2) is 31.6 Å². The quantitative estimate of drug-likeness (QED) is 0.838. The van der Waals surface area contributed by atoms with Crippen LogP contribution in [0, 0.1) is 12.8 Å². The van der Waals surface area contributed by atoms with Crippen LogP contribution in [0.5, 0.6) is 5.75 Å². The third kappa shape index (κ3) is 3.03. The molecule has 0 aromatic heterocycles. The second kappa shape index (κ2) is 5.72. The summed E-state index contributed by atoms with van der Waals surface area (Å²) in [6.07, 6.45) is 2.66. The number of likely N-dealkylation sites (N-methyl/N-ethyl adjacent to an activating group) is 1. The molecule has 3 nitrogen and oxygen atoms in total. The highest BCUT2D eigenvalue weighted by Crippen LogP contribution is 2.35. The van der Waals surface area contributed by atoms with Gasteiger partial charge in [0.25, 0.3) is 0 Å². The van der Waals surface area contributed by atoms with Gasteiger partial charge in [-0.05, 0) is 38.8 Å². The number of aryl methyl sites for hydroxylation is 1. The maximum atomic E-state index is 5.90. The van der Waals surface area contributed by atoms with Gasteiger partial charge >= 0.3 is 0 Å². The van der Waals surface area contributed by atoms with Crippen LogP contribution in [0.1, 0.15) is 24.0 Å². The van der Waals surface area contributed by atoms with Crippen LogP contribution >= 0.6 is 0 Å². The Morgan fingerprint density at radius 1 is 1.44 bits per heavy atom. The molecule has 1 unspecified atom stereocenters. The molecule has 0 radical (unpaired) electrons. The Morgan fingerprint density at radius 2 is 2.17 bits per heavy atom. The van der Waals surface area contributed by atoms with Crippen LogP contribution in [0.3, 0.4) is 0 Å². The number of ether oxygens (including phenoxy) is 1. The molecule has 18 heavy (non-hydrogen) atoms. The van der Waals surface area contributed by atoms with Crippen LogP contribution in [0.4, 0.5) is 0 Å². The van der Waals surface area contributed by atoms with Crippen molar-refractivity contribution in [1.29, 1.82) is 0 Å². The first kappa shape index (κ1) is 13.4. The molecule has 0 aliphatic heterocycles. The Morgan fingerprint density at radius 3 is 2.72 bits per heavy atom. The van der Waals surface area contributed by atoms with Gasteiger partial charge in [-0.15, -0.1) is 0 Å². The molecule has 1 aliphatic rings. The first-order chi connectivity index (χ1) is 8.65. The van der Waals surface area contributed by atoms with E-state index in [0.29, 0.717) is 6.04 Å². The molecule has 2 rings (SSSR count). The van der Waals surface area contributed by atoms with Crippen molar-refractivity contribution in [3.63, 3.8) is 0 Å². The zero-order valence-corrected chi connectivity index (χ0v) is 11.6. The molecule has 1 aromatic carbocycles. The zero-order chi connectivity index (χ0) is 13.1. The topological polar surface area (TPSA) is 38.5 Å². The highest BCUT2D eigenvalue weighted by atomic mass is 16.5. The summed E-state index contributed by atoms with van der Waals surface area (Å²) in [5.41, 5.74) is 8.42. The summed E-state index contributed by atoms with van der Waals surface area (Å²) in [6, 6.07) is 6.85. The van der Waals surface area contributed by atoms with Gasteiger partial charge < -0.3 is 10.5 Å². The maximum absolute atomic E-state index is 5.90. The Bertz CT molecular complexity index is 401. The summed E-state index contributed by atoms with van der Waals surface area (Å²) >= 11 is 0. The first-order valence-electron chi connectivity index (χ1n) is 6.69. The fraction of sp³-hybridized carbons (Fsp3) is 0.600. The van der Waals surface area contributed by atoms with E-state index in [-0.39, 0.29) is 0 Å². The van der Waals surface area contributed by atoms with Crippen molar-refractivity contribution >= 4 is 0 Å². The summed E-state index contributed by atoms with van der Waals surface area (Å²) in [7, 11) is 3.90. The van der Waals surface area contributed by atoms with E-state index in [0.717, 1.165) is 24.8 Å². The SMILES string of the molecule is COc1ccc(C)cc1CN(C)C(CN)C1CC1. The number of hydrogen-bond acceptors (Lipinski definition) is 3. The van der Waals surface area contributed by atoms with E-state index in [4.69, 9.17) is 10.5 Å². The van der Waals surface area contributed by atoms with Crippen LogP contribution in [0.25, 0.3) is 0 Å². The lowest BCUT2D eigenvalue weighted by atomic mass is 10.1. The van der Waals surface area contributed by atoms with Crippen molar-refractivity contribution in [1.82, 2.24) is 4.90 Å². The zero-order valence-electron chi connectivity index (χ0n) is 11.6. The van der Waals surface area contributed by atoms with Gasteiger partial charge in [0, 0.05) is 24.7 Å². The fourth-order valence-corrected chi connectivity index (χ4v) is 2.63. The molecule has 1 fully saturated rings. The molecule has 100 valence electrons. The molecule has 3 heteroatoms. The third-order valence-corrected chi connectivity index (χ3v) is 3.83. The lowest BCUT2D eigenvalue weighted by Crippen LogP contribution is -2.39. The lowest BCUT2D eigenvalue weighted by Gasteiger charge is -2.27. The minimum absolute atomic E-state index is 0.509. The number of nitrogens with zero attached hydrogens (tertiary/aromatic N) is 1. The second-order valence-corrected chi connectivity index (χ2v) is 5.37. The van der Waals surface area contributed by atoms with Crippen molar-refractivity contribution in [2.75, 3.05) is 20.7 Å². The standard InChI is InChI=1S/C15H24N2O/c1-11-4-7-15(18-3)13(8-11)10-17(2)14(9-16)12-5-6-12/h4,7-8,12,14H,5-6,9-10,16H2,1-3H3. The molecule has 1 saturated carbocycles. The Labute approximate surface area is 110 Å². The number of benzene rings is 1. The van der Waals surface area contributed by atoms with Gasteiger partial charge in [0.15, 0.2) is 0 Å². The van der Waals surface area contributed by atoms with Crippen LogP contribution in [0.15, 0.2) is 18.2 Å². The second-order valence-electron chi connectivity index (χ2n) is 5.37. The average Bonchev–Trinajstić information content (AvgIpc) is 3.15. The van der Waals surface area contributed by atoms with Crippen LogP contribution in [0.2, 0.25) is 0 Å². The van der Waals surface area contributed by atoms with Gasteiger partial charge in [0.05, 0.1) is 7.11 Å². The van der Waals surface area contributed by atoms with Gasteiger partial charge in [-0.1, -0.05) is 17.7 Å². The molecule has 0 spiro atoms. The largest absolute Gasteiger partial charge is 0.496 e. The van der Waals surface area contributed by atoms with Crippen molar-refractivity contribution in [3.05, 3.63) is 29.3 Å². The van der Waals surface area contributed by atoms with Gasteiger partial charge in [-0.2, -0.15) is 0 Å². The van der Waals surface area contributed by atoms with Crippen molar-refractivity contribution in [2.45, 2.75) is 32.4 Å². The smallest absolute Gasteiger partial charge is 0.123 e. The third-order valence-electron chi connectivity index (χ3n) is 3.83. The lowest BCUT2D eigenvalue weighted by molar-refractivity contribution is 0.213. The predicted molar refractivity (Wildman–Crippen MR) is 74.8 cm³/mol. The minimum Gasteiger partial charge on any atom is -0.496 e. The number of nitrogens with two attached hydrogens (primary N) is 1. The van der Waals surface area contributed by atoms with Crippen molar-refractivity contribution in [3.8, 4) is 5.75 Å². The van der Waals surface area contributed by atoms with E-state index in [1.807, 2.05) is 6.07 Å². The molecule has 2 N–H and O–H groups in total. The monoisotopic (exact) mass is 248 g/mol. The van der Waals surface area contributed by atoms with E-state index in [2.05, 4.69) is 31.0 Å². The summed E-state index contributed by atoms with van der Waals surface area (Å²) in [5.74, 6) is 1.77. The van der Waals surface area contributed by atoms with Gasteiger partial charge in [0.2, 0.25) is 0 Å². The van der Waals surface area contributed by atoms with Crippen LogP contribution < -0.4 is 10.5 Å². The molecule has 1 aromatic rings. The van der Waals surface area contributed by atoms with E-state index in [1.165, 1.54) is 24.0 Å². The molecule has 0 bridgehead atoms. The number of methoxy groups -OCH3 is 1. The molecular formula is C15H24N2O. The van der Waals surface area contributed by atoms with E-state index >= 15 is 0 Å². The van der Waals surface area contributed by atoms with Crippen molar-refractivity contribution in [2.24, 2.45) is 11.7 Å². The highest BCUT2D eigenvalue weighted by molar-refractivity contribution is 5.36. The average molecular weight is 248 g/mol. The Kier molecular flexibility index (Phi) is 4.25. The van der Waals surface area contributed by atoms with Gasteiger partial charge in [-0.25, -0.2) is 0 Å². The van der Waals surface area contributed by atoms with E-state index in [1.54, 1.807) is 7.11 Å². The summed E-state index contributed by atoms with van der Waals surface area (Å²) in [5, 5.41) is 0. The Balaban J connectivity index is 2.09. The van der Waals surface area contributed by atoms with Gasteiger partial charge in [-0.3, -0.25) is 4.90 Å². The van der Waals surface area contributed by atoms with Crippen molar-refractivity contribution < 1.29 is 4.74 Å². The highest BCUT2D eigenvalue weighted by Gasteiger charge is 2.32. The maximum Gasteiger partial charge on any atom is 0.123 e. The summed E-state index contributed by atoms with van der Waals surface area (Å²) in [4.78, 5) is 2.37. The van der Waals surface area contributed by atoms with E-state index < -0.39 is 0 Å². The van der Waals surface area contributed by atoms with Gasteiger partial charge in [0.1, 0.15) is 5.75 Å². The van der Waals surface area contributed by atoms with Crippen LogP contribution in [-0.2, 0) is 6.54 Å². The number of hydrogen-bond donors (Lipinski definition) is 1. The first-order valence-corrected chi connectivity index (χ1v) is 6.69. The fourth-order valence-electron chi connectivity index (χ4n) is 2.63. The van der Waals surface area contributed by atoms with E-state index in [9.17, 15) is 0 Å². The normalized spacial score (nSPS) is 16.9. The molecule has 1 aliphatic carbocycles. The number of rotatable bonds is 6. The predicted octanol–water partition coefficient (Wildman–Crippen LogP) is 2.17. The molecule has 0 amide bonds. The molecule has 0 saturated heterocycles. The summed E-state index contributed by atoms with van der Waals surface area (Å²) < 4.78 is 5.43. The summed E-state index contributed by atoms with van der Waals surface area (Å²) in [6.45, 7) is 3.77. The molecule has 1 atom stereocenters.